The van der Waals surface area contributed by atoms with E-state index in [0.29, 0.717) is 63.4 Å². The molecule has 0 spiro atoms. The zero-order chi connectivity index (χ0) is 48.2. The van der Waals surface area contributed by atoms with Crippen LogP contribution in [0.2, 0.25) is 0 Å². The first kappa shape index (κ1) is 54.7. The maximum absolute atomic E-state index is 14.4. The number of hydrogen-bond acceptors (Lipinski definition) is 13. The number of esters is 1. The van der Waals surface area contributed by atoms with Gasteiger partial charge in [-0.15, -0.1) is 0 Å². The lowest BCUT2D eigenvalue weighted by molar-refractivity contribution is -0.265. The summed E-state index contributed by atoms with van der Waals surface area (Å²) < 4.78 is 29.3. The molecule has 4 rings (SSSR count). The fraction of sp³-hybridized carbons (Fsp3) is 0.740. The van der Waals surface area contributed by atoms with Crippen LogP contribution in [0.5, 0.6) is 0 Å². The lowest BCUT2D eigenvalue weighted by Crippen LogP contribution is -2.61. The molecule has 3 fully saturated rings. The third-order valence-corrected chi connectivity index (χ3v) is 14.7. The molecular formula is C50H78NO13P. The van der Waals surface area contributed by atoms with Crippen LogP contribution in [0.1, 0.15) is 126 Å². The highest BCUT2D eigenvalue weighted by Crippen LogP contribution is 2.38. The number of aliphatic hydroxyl groups excluding tert-OH is 2. The molecular weight excluding hydrogens is 854 g/mol. The number of fused-ring (bicyclic) bond motifs is 3. The SMILES string of the molecule is COC1C(=O)[C@H](C)C[C@H](C)/C=C/C=C/C=C(\C)C(OP)C[C@@H]2CC[C@@H](C)[C@@](O)(O2)C(=O)C(=O)N2CCCC[C@H]2C(=O)O[C@H]([C@H](C)C[C@@H]2CC[C@@H](O)[C@H](OC)C2)CC(=O)[C@H](C)/C=C(\C)[C@H]1O. The Kier molecular flexibility index (Phi) is 21.4. The van der Waals surface area contributed by atoms with Crippen molar-refractivity contribution in [2.45, 2.75) is 180 Å². The number of nitrogens with zero attached hydrogens (tertiary/aromatic N) is 1. The van der Waals surface area contributed by atoms with Crippen LogP contribution in [0.4, 0.5) is 0 Å². The van der Waals surface area contributed by atoms with Crippen LogP contribution in [0.3, 0.4) is 0 Å². The molecule has 16 atom stereocenters. The van der Waals surface area contributed by atoms with Crippen LogP contribution >= 0.6 is 9.47 Å². The molecule has 4 aliphatic rings. The zero-order valence-electron chi connectivity index (χ0n) is 40.2. The summed E-state index contributed by atoms with van der Waals surface area (Å²) in [5.74, 6) is -8.00. The standard InChI is InChI=1S/C50H78NO13P/c1-29-15-11-10-12-16-30(2)42(64-65)27-37-20-18-35(7)50(59,63-37)47(56)48(57)51-22-14-13-17-38(51)49(58)62-41(32(4)25-36-19-21-39(52)43(26-36)60-8)28-40(53)31(3)24-34(6)45(55)46(61-9)44(54)33(5)23-29/h10-12,15-16,24,29,31-33,35-39,41-43,45-46,52,55,59H,13-14,17-23,25-28,65H2,1-9H3/b12-10+,15-11+,30-16+,34-24+/t29-,31-,32-,33-,35-,36+,37+,38+,39-,41+,42?,43-,45-,46?,50-/m1/s1. The number of hydrogen-bond donors (Lipinski definition) is 3. The van der Waals surface area contributed by atoms with Crippen molar-refractivity contribution in [1.29, 1.82) is 0 Å². The van der Waals surface area contributed by atoms with Crippen LogP contribution in [-0.4, -0.2) is 125 Å². The van der Waals surface area contributed by atoms with Crippen molar-refractivity contribution < 1.29 is 62.8 Å². The van der Waals surface area contributed by atoms with Crippen LogP contribution in [0.15, 0.2) is 47.6 Å². The highest BCUT2D eigenvalue weighted by atomic mass is 31.0. The van der Waals surface area contributed by atoms with Gasteiger partial charge >= 0.3 is 5.97 Å². The highest BCUT2D eigenvalue weighted by molar-refractivity contribution is 7.09. The minimum absolute atomic E-state index is 0.0160. The summed E-state index contributed by atoms with van der Waals surface area (Å²) in [6.07, 6.45) is 11.0. The van der Waals surface area contributed by atoms with E-state index < -0.39 is 83.9 Å². The maximum Gasteiger partial charge on any atom is 0.329 e. The first-order valence-electron chi connectivity index (χ1n) is 23.8. The van der Waals surface area contributed by atoms with E-state index in [1.54, 1.807) is 34.0 Å². The van der Waals surface area contributed by atoms with E-state index in [1.165, 1.54) is 12.0 Å². The van der Waals surface area contributed by atoms with Crippen molar-refractivity contribution in [2.75, 3.05) is 20.8 Å². The summed E-state index contributed by atoms with van der Waals surface area (Å²) in [5.41, 5.74) is 1.24. The Morgan fingerprint density at radius 2 is 1.62 bits per heavy atom. The number of ether oxygens (including phenoxy) is 4. The first-order valence-corrected chi connectivity index (χ1v) is 24.2. The average molecular weight is 932 g/mol. The van der Waals surface area contributed by atoms with Crippen LogP contribution < -0.4 is 0 Å². The molecule has 3 N–H and O–H groups in total. The van der Waals surface area contributed by atoms with Crippen LogP contribution in [-0.2, 0) is 47.4 Å². The number of allylic oxidation sites excluding steroid dienone is 6. The molecule has 2 bridgehead atoms. The quantitative estimate of drug-likeness (QED) is 0.116. The summed E-state index contributed by atoms with van der Waals surface area (Å²) in [6, 6.07) is -1.14. The van der Waals surface area contributed by atoms with E-state index in [2.05, 4.69) is 9.47 Å². The average Bonchev–Trinajstić information content (AvgIpc) is 3.28. The Bertz CT molecular complexity index is 1760. The van der Waals surface area contributed by atoms with E-state index in [9.17, 15) is 39.3 Å². The number of carbonyl (C=O) groups is 5. The Labute approximate surface area is 389 Å². The van der Waals surface area contributed by atoms with Crippen molar-refractivity contribution in [1.82, 2.24) is 4.90 Å². The second-order valence-electron chi connectivity index (χ2n) is 19.5. The lowest BCUT2D eigenvalue weighted by Gasteiger charge is -2.42. The molecule has 14 nitrogen and oxygen atoms in total. The number of carbonyl (C=O) groups excluding carboxylic acids is 5. The number of aliphatic hydroxyl groups is 3. The predicted octanol–water partition coefficient (Wildman–Crippen LogP) is 6.34. The highest BCUT2D eigenvalue weighted by Gasteiger charge is 2.53. The Hall–Kier alpha value is -2.94. The maximum atomic E-state index is 14.4. The minimum Gasteiger partial charge on any atom is -0.460 e. The van der Waals surface area contributed by atoms with E-state index in [1.807, 2.05) is 58.1 Å². The van der Waals surface area contributed by atoms with Gasteiger partial charge in [0.2, 0.25) is 5.79 Å². The summed E-state index contributed by atoms with van der Waals surface area (Å²) in [4.78, 5) is 71.8. The van der Waals surface area contributed by atoms with Gasteiger partial charge in [-0.1, -0.05) is 71.1 Å². The number of methoxy groups -OCH3 is 2. The molecule has 0 radical (unpaired) electrons. The van der Waals surface area contributed by atoms with Crippen molar-refractivity contribution in [2.24, 2.45) is 35.5 Å². The smallest absolute Gasteiger partial charge is 0.329 e. The molecule has 0 aromatic carbocycles. The van der Waals surface area contributed by atoms with Gasteiger partial charge in [0.25, 0.3) is 11.7 Å². The number of cyclic esters (lactones) is 1. The van der Waals surface area contributed by atoms with E-state index in [0.717, 1.165) is 12.0 Å². The molecule has 15 heteroatoms. The molecule has 1 aliphatic carbocycles. The lowest BCUT2D eigenvalue weighted by atomic mass is 9.78. The number of ketones is 3. The minimum atomic E-state index is -2.43. The van der Waals surface area contributed by atoms with Crippen LogP contribution in [0.25, 0.3) is 0 Å². The fourth-order valence-electron chi connectivity index (χ4n) is 10.00. The Morgan fingerprint density at radius 1 is 0.892 bits per heavy atom. The molecule has 0 aromatic rings. The number of piperidine rings is 1. The van der Waals surface area contributed by atoms with Gasteiger partial charge in [0, 0.05) is 60.8 Å². The van der Waals surface area contributed by atoms with Gasteiger partial charge in [-0.25, -0.2) is 4.79 Å². The van der Waals surface area contributed by atoms with Gasteiger partial charge in [-0.3, -0.25) is 19.2 Å². The summed E-state index contributed by atoms with van der Waals surface area (Å²) in [6.45, 7) is 12.7. The summed E-state index contributed by atoms with van der Waals surface area (Å²) >= 11 is 0. The number of amides is 1. The van der Waals surface area contributed by atoms with Crippen LogP contribution in [0, 0.1) is 35.5 Å². The van der Waals surface area contributed by atoms with E-state index >= 15 is 0 Å². The molecule has 3 aliphatic heterocycles. The third kappa shape index (κ3) is 14.5. The number of Topliss-reactive ketones (excluding diaryl/α,β-unsaturated/α-hetero) is 3. The van der Waals surface area contributed by atoms with E-state index in [-0.39, 0.29) is 54.8 Å². The second kappa shape index (κ2) is 25.4. The Balaban J connectivity index is 1.70. The van der Waals surface area contributed by atoms with Crippen molar-refractivity contribution in [3.8, 4) is 0 Å². The van der Waals surface area contributed by atoms with Gasteiger partial charge in [0.1, 0.15) is 30.1 Å². The van der Waals surface area contributed by atoms with Crippen molar-refractivity contribution in [3.63, 3.8) is 0 Å². The third-order valence-electron chi connectivity index (χ3n) is 14.4. The molecule has 1 amide bonds. The van der Waals surface area contributed by atoms with Gasteiger partial charge in [-0.05, 0) is 107 Å². The van der Waals surface area contributed by atoms with Gasteiger partial charge < -0.3 is 43.7 Å². The monoisotopic (exact) mass is 932 g/mol. The molecule has 3 unspecified atom stereocenters. The zero-order valence-corrected chi connectivity index (χ0v) is 41.3. The molecule has 366 valence electrons. The second-order valence-corrected chi connectivity index (χ2v) is 19.8. The van der Waals surface area contributed by atoms with E-state index in [4.69, 9.17) is 23.5 Å². The van der Waals surface area contributed by atoms with Crippen molar-refractivity contribution in [3.05, 3.63) is 47.6 Å². The molecule has 65 heavy (non-hydrogen) atoms. The molecule has 3 heterocycles. The summed E-state index contributed by atoms with van der Waals surface area (Å²) in [7, 11) is 5.21. The number of rotatable bonds is 6. The topological polar surface area (TPSA) is 195 Å². The molecule has 2 saturated heterocycles. The largest absolute Gasteiger partial charge is 0.460 e. The fourth-order valence-corrected chi connectivity index (χ4v) is 10.3. The first-order chi connectivity index (χ1) is 30.7. The summed E-state index contributed by atoms with van der Waals surface area (Å²) in [5, 5.41) is 33.8. The van der Waals surface area contributed by atoms with Gasteiger partial charge in [-0.2, -0.15) is 0 Å². The van der Waals surface area contributed by atoms with Gasteiger partial charge in [0.15, 0.2) is 5.78 Å². The predicted molar refractivity (Wildman–Crippen MR) is 249 cm³/mol. The van der Waals surface area contributed by atoms with Crippen molar-refractivity contribution >= 4 is 38.7 Å². The molecule has 0 aromatic heterocycles. The van der Waals surface area contributed by atoms with Gasteiger partial charge in [0.05, 0.1) is 24.4 Å². The normalized spacial score (nSPS) is 40.4. The molecule has 1 saturated carbocycles. The Morgan fingerprint density at radius 3 is 2.29 bits per heavy atom.